The van der Waals surface area contributed by atoms with Gasteiger partial charge in [0.2, 0.25) is 0 Å². The van der Waals surface area contributed by atoms with E-state index in [0.717, 1.165) is 10.6 Å². The average Bonchev–Trinajstić information content (AvgIpc) is 2.97. The Morgan fingerprint density at radius 3 is 2.47 bits per heavy atom. The third kappa shape index (κ3) is 4.01. The van der Waals surface area contributed by atoms with Gasteiger partial charge in [-0.2, -0.15) is 5.01 Å². The maximum Gasteiger partial charge on any atom is 0.344 e. The van der Waals surface area contributed by atoms with E-state index < -0.39 is 23.4 Å². The van der Waals surface area contributed by atoms with E-state index in [0.29, 0.717) is 23.7 Å². The molecule has 1 aliphatic rings. The molecule has 7 heteroatoms. The molecule has 4 amide bonds. The molecule has 2 aromatic carbocycles. The van der Waals surface area contributed by atoms with Gasteiger partial charge in [0, 0.05) is 0 Å². The lowest BCUT2D eigenvalue weighted by atomic mass is 9.87. The van der Waals surface area contributed by atoms with Crippen LogP contribution in [0.25, 0.3) is 0 Å². The van der Waals surface area contributed by atoms with E-state index in [4.69, 9.17) is 4.74 Å². The monoisotopic (exact) mass is 409 g/mol. The van der Waals surface area contributed by atoms with Gasteiger partial charge < -0.3 is 10.1 Å². The van der Waals surface area contributed by atoms with Crippen LogP contribution in [0.4, 0.5) is 4.79 Å². The number of urea groups is 1. The van der Waals surface area contributed by atoms with Gasteiger partial charge in [-0.3, -0.25) is 15.0 Å². The summed E-state index contributed by atoms with van der Waals surface area (Å²) in [6.07, 6.45) is 0.353. The van der Waals surface area contributed by atoms with Crippen molar-refractivity contribution in [1.82, 2.24) is 15.8 Å². The number of aryl methyl sites for hydroxylation is 1. The van der Waals surface area contributed by atoms with Crippen LogP contribution < -0.4 is 15.5 Å². The maximum absolute atomic E-state index is 13.0. The molecule has 1 saturated heterocycles. The summed E-state index contributed by atoms with van der Waals surface area (Å²) in [6.45, 7) is 7.70. The normalized spacial score (nSPS) is 18.5. The highest BCUT2D eigenvalue weighted by atomic mass is 16.5. The first-order valence-electron chi connectivity index (χ1n) is 10.0. The molecule has 158 valence electrons. The second kappa shape index (κ2) is 8.57. The molecule has 0 bridgehead atoms. The van der Waals surface area contributed by atoms with Crippen molar-refractivity contribution >= 4 is 17.8 Å². The van der Waals surface area contributed by atoms with Crippen LogP contribution in [-0.2, 0) is 15.1 Å². The van der Waals surface area contributed by atoms with Gasteiger partial charge in [0.1, 0.15) is 11.3 Å². The fraction of sp³-hybridized carbons (Fsp3) is 0.348. The number of hydrazine groups is 1. The van der Waals surface area contributed by atoms with E-state index in [2.05, 4.69) is 24.6 Å². The minimum Gasteiger partial charge on any atom is -0.484 e. The van der Waals surface area contributed by atoms with Crippen LogP contribution in [0, 0.1) is 6.92 Å². The van der Waals surface area contributed by atoms with Gasteiger partial charge >= 0.3 is 6.03 Å². The summed E-state index contributed by atoms with van der Waals surface area (Å²) in [5.74, 6) is -0.169. The molecule has 2 aromatic rings. The zero-order valence-corrected chi connectivity index (χ0v) is 17.7. The van der Waals surface area contributed by atoms with E-state index in [1.807, 2.05) is 32.0 Å². The number of hydrogen-bond acceptors (Lipinski definition) is 4. The number of hydrogen-bond donors (Lipinski definition) is 2. The number of ether oxygens (including phenoxy) is 1. The fourth-order valence-electron chi connectivity index (χ4n) is 3.73. The smallest absolute Gasteiger partial charge is 0.344 e. The van der Waals surface area contributed by atoms with Crippen LogP contribution in [0.3, 0.4) is 0 Å². The Morgan fingerprint density at radius 1 is 1.17 bits per heavy atom. The molecule has 0 saturated carbocycles. The predicted octanol–water partition coefficient (Wildman–Crippen LogP) is 3.39. The van der Waals surface area contributed by atoms with Crippen molar-refractivity contribution in [3.05, 3.63) is 65.2 Å². The van der Waals surface area contributed by atoms with Gasteiger partial charge in [0.25, 0.3) is 11.8 Å². The van der Waals surface area contributed by atoms with E-state index in [-0.39, 0.29) is 6.61 Å². The Kier molecular flexibility index (Phi) is 6.10. The Morgan fingerprint density at radius 2 is 1.87 bits per heavy atom. The van der Waals surface area contributed by atoms with E-state index in [9.17, 15) is 14.4 Å². The van der Waals surface area contributed by atoms with Crippen molar-refractivity contribution < 1.29 is 19.1 Å². The molecule has 0 spiro atoms. The molecule has 0 aliphatic carbocycles. The highest BCUT2D eigenvalue weighted by Gasteiger charge is 2.52. The summed E-state index contributed by atoms with van der Waals surface area (Å²) < 4.78 is 5.55. The Hall–Kier alpha value is -3.35. The zero-order chi connectivity index (χ0) is 21.9. The molecule has 3 rings (SSSR count). The van der Waals surface area contributed by atoms with Crippen molar-refractivity contribution in [2.24, 2.45) is 0 Å². The summed E-state index contributed by atoms with van der Waals surface area (Å²) in [6, 6.07) is 14.0. The molecule has 0 unspecified atom stereocenters. The number of nitrogens with zero attached hydrogens (tertiary/aromatic N) is 1. The largest absolute Gasteiger partial charge is 0.484 e. The van der Waals surface area contributed by atoms with Crippen LogP contribution in [-0.4, -0.2) is 29.5 Å². The molecule has 1 aliphatic heterocycles. The fourth-order valence-corrected chi connectivity index (χ4v) is 3.73. The number of nitrogens with one attached hydrogen (secondary N) is 2. The number of imide groups is 1. The standard InChI is InChI=1S/C23H27N3O4/c1-5-23(17-9-7-6-8-10-17)21(28)26(22(29)24-23)25-20(27)14-30-18-11-12-19(15(2)3)16(4)13-18/h6-13,15H,5,14H2,1-4H3,(H,24,29)(H,25,27)/t23-/m0/s1. The third-order valence-corrected chi connectivity index (χ3v) is 5.36. The van der Waals surface area contributed by atoms with Crippen LogP contribution in [0.1, 0.15) is 49.8 Å². The minimum absolute atomic E-state index is 0.317. The molecule has 1 heterocycles. The molecule has 2 N–H and O–H groups in total. The summed E-state index contributed by atoms with van der Waals surface area (Å²) in [5, 5.41) is 3.45. The molecule has 0 aromatic heterocycles. The minimum atomic E-state index is -1.20. The zero-order valence-electron chi connectivity index (χ0n) is 17.7. The van der Waals surface area contributed by atoms with Crippen molar-refractivity contribution in [3.8, 4) is 5.75 Å². The molecule has 1 atom stereocenters. The SMILES string of the molecule is CC[C@@]1(c2ccccc2)NC(=O)N(NC(=O)COc2ccc(C(C)C)c(C)c2)C1=O. The van der Waals surface area contributed by atoms with E-state index in [1.165, 1.54) is 5.56 Å². The van der Waals surface area contributed by atoms with Crippen LogP contribution >= 0.6 is 0 Å². The van der Waals surface area contributed by atoms with Crippen molar-refractivity contribution in [1.29, 1.82) is 0 Å². The quantitative estimate of drug-likeness (QED) is 0.686. The van der Waals surface area contributed by atoms with Gasteiger partial charge in [-0.15, -0.1) is 0 Å². The highest BCUT2D eigenvalue weighted by molar-refractivity contribution is 6.08. The van der Waals surface area contributed by atoms with Crippen molar-refractivity contribution in [2.45, 2.75) is 45.6 Å². The third-order valence-electron chi connectivity index (χ3n) is 5.36. The lowest BCUT2D eigenvalue weighted by Gasteiger charge is -2.25. The molecule has 7 nitrogen and oxygen atoms in total. The average molecular weight is 409 g/mol. The highest BCUT2D eigenvalue weighted by Crippen LogP contribution is 2.31. The number of benzene rings is 2. The number of amides is 4. The van der Waals surface area contributed by atoms with Crippen LogP contribution in [0.5, 0.6) is 5.75 Å². The first-order valence-corrected chi connectivity index (χ1v) is 10.0. The summed E-state index contributed by atoms with van der Waals surface area (Å²) in [5.41, 5.74) is 4.12. The van der Waals surface area contributed by atoms with E-state index in [1.54, 1.807) is 30.3 Å². The van der Waals surface area contributed by atoms with Gasteiger partial charge in [0.05, 0.1) is 0 Å². The molecule has 0 radical (unpaired) electrons. The number of rotatable bonds is 7. The Labute approximate surface area is 176 Å². The second-order valence-electron chi connectivity index (χ2n) is 7.69. The molecular formula is C23H27N3O4. The van der Waals surface area contributed by atoms with Crippen LogP contribution in [0.2, 0.25) is 0 Å². The summed E-state index contributed by atoms with van der Waals surface area (Å²) in [4.78, 5) is 37.8. The van der Waals surface area contributed by atoms with Crippen molar-refractivity contribution in [2.75, 3.05) is 6.61 Å². The molecule has 1 fully saturated rings. The van der Waals surface area contributed by atoms with Crippen molar-refractivity contribution in [3.63, 3.8) is 0 Å². The van der Waals surface area contributed by atoms with Gasteiger partial charge in [-0.1, -0.05) is 57.2 Å². The Balaban J connectivity index is 1.66. The topological polar surface area (TPSA) is 87.7 Å². The van der Waals surface area contributed by atoms with Crippen LogP contribution in [0.15, 0.2) is 48.5 Å². The van der Waals surface area contributed by atoms with Gasteiger partial charge in [0.15, 0.2) is 6.61 Å². The first-order chi connectivity index (χ1) is 14.3. The molecule has 30 heavy (non-hydrogen) atoms. The number of carbonyl (C=O) groups is 3. The molecular weight excluding hydrogens is 382 g/mol. The summed E-state index contributed by atoms with van der Waals surface area (Å²) in [7, 11) is 0. The lowest BCUT2D eigenvalue weighted by Crippen LogP contribution is -2.49. The predicted molar refractivity (Wildman–Crippen MR) is 113 cm³/mol. The first kappa shape index (κ1) is 21.4. The summed E-state index contributed by atoms with van der Waals surface area (Å²) >= 11 is 0. The van der Waals surface area contributed by atoms with Gasteiger partial charge in [-0.05, 0) is 48.1 Å². The van der Waals surface area contributed by atoms with E-state index >= 15 is 0 Å². The number of carbonyl (C=O) groups excluding carboxylic acids is 3. The Bertz CT molecular complexity index is 958. The maximum atomic E-state index is 13.0. The second-order valence-corrected chi connectivity index (χ2v) is 7.69. The van der Waals surface area contributed by atoms with Gasteiger partial charge in [-0.25, -0.2) is 4.79 Å². The lowest BCUT2D eigenvalue weighted by molar-refractivity contribution is -0.140.